The lowest BCUT2D eigenvalue weighted by Gasteiger charge is -2.45. The Morgan fingerprint density at radius 1 is 0.882 bits per heavy atom. The highest BCUT2D eigenvalue weighted by Gasteiger charge is 2.46. The number of hydrogen-bond donors (Lipinski definition) is 1. The Hall–Kier alpha value is -0.0594. The molecule has 0 saturated heterocycles. The molecule has 4 nitrogen and oxygen atoms in total. The third-order valence-electron chi connectivity index (χ3n) is 9.15. The molecule has 34 heavy (non-hydrogen) atoms. The van der Waals surface area contributed by atoms with Crippen molar-refractivity contribution >= 4 is 30.7 Å². The van der Waals surface area contributed by atoms with Gasteiger partial charge < -0.3 is 13.6 Å². The van der Waals surface area contributed by atoms with E-state index in [-0.39, 0.29) is 32.9 Å². The van der Waals surface area contributed by atoms with E-state index in [1.165, 1.54) is 5.57 Å². The lowest BCUT2D eigenvalue weighted by Crippen LogP contribution is -2.48. The summed E-state index contributed by atoms with van der Waals surface area (Å²) >= 11 is 0. The van der Waals surface area contributed by atoms with Crippen LogP contribution in [0.4, 0.5) is 0 Å². The van der Waals surface area contributed by atoms with Crippen molar-refractivity contribution < 1.29 is 18.4 Å². The van der Waals surface area contributed by atoms with Crippen LogP contribution in [-0.4, -0.2) is 48.2 Å². The summed E-state index contributed by atoms with van der Waals surface area (Å²) in [4.78, 5) is 23.9. The molecule has 0 aromatic heterocycles. The molecule has 1 saturated carbocycles. The van der Waals surface area contributed by atoms with Crippen LogP contribution in [0, 0.1) is 5.92 Å². The van der Waals surface area contributed by atoms with Gasteiger partial charge in [0, 0.05) is 19.4 Å². The minimum Gasteiger partial charge on any atom is -0.432 e. The fraction of sp³-hybridized carbons (Fsp3) is 0.889. The summed E-state index contributed by atoms with van der Waals surface area (Å²) in [6.07, 6.45) is 4.85. The first-order chi connectivity index (χ1) is 14.9. The predicted octanol–water partition coefficient (Wildman–Crippen LogP) is 8.06. The molecule has 0 unspecified atom stereocenters. The van der Waals surface area contributed by atoms with Crippen LogP contribution in [0.1, 0.15) is 81.1 Å². The molecule has 200 valence electrons. The second-order valence-corrected chi connectivity index (χ2v) is 28.8. The van der Waals surface area contributed by atoms with Crippen LogP contribution in [0.5, 0.6) is 0 Å². The largest absolute Gasteiger partial charge is 0.432 e. The van der Waals surface area contributed by atoms with E-state index in [4.69, 9.17) is 8.85 Å². The summed E-state index contributed by atoms with van der Waals surface area (Å²) in [5.74, 6) is 0.411. The van der Waals surface area contributed by atoms with Gasteiger partial charge in [-0.2, -0.15) is 0 Å². The van der Waals surface area contributed by atoms with Gasteiger partial charge in [-0.3, -0.25) is 4.79 Å². The van der Waals surface area contributed by atoms with Crippen molar-refractivity contribution in [2.45, 2.75) is 142 Å². The van der Waals surface area contributed by atoms with E-state index in [9.17, 15) is 9.59 Å². The normalized spacial score (nSPS) is 23.0. The van der Waals surface area contributed by atoms with Crippen molar-refractivity contribution in [3.05, 3.63) is 11.6 Å². The maximum absolute atomic E-state index is 12.9. The maximum atomic E-state index is 12.9. The van der Waals surface area contributed by atoms with Crippen LogP contribution < -0.4 is 0 Å². The molecule has 0 bridgehead atoms. The van der Waals surface area contributed by atoms with Gasteiger partial charge in [0.25, 0.3) is 0 Å². The number of carbonyl (C=O) groups excluding carboxylic acids is 1. The monoisotopic (exact) mass is 528 g/mol. The van der Waals surface area contributed by atoms with Gasteiger partial charge in [0.1, 0.15) is 5.78 Å². The van der Waals surface area contributed by atoms with Crippen molar-refractivity contribution in [2.75, 3.05) is 6.61 Å². The standard InChI is InChI=1S/C27H56O4Si3/c1-25(2,3)33(11,12)30-17-15-16-23-21(20-27(7,8)32(9,10)29)18-22(28)19-24(23)31-34(13,14)26(4,5)6/h16,21,24,29H,15,17-20H2,1-14H3/b23-16-/t21-,24+/m0/s1. The first-order valence-electron chi connectivity index (χ1n) is 13.2. The van der Waals surface area contributed by atoms with Crippen LogP contribution in [-0.2, 0) is 13.6 Å². The molecule has 0 radical (unpaired) electrons. The number of carbonyl (C=O) groups is 1. The molecule has 0 aromatic carbocycles. The Labute approximate surface area is 214 Å². The first kappa shape index (κ1) is 32.0. The molecule has 1 aliphatic carbocycles. The molecule has 0 spiro atoms. The fourth-order valence-corrected chi connectivity index (χ4v) is 6.91. The van der Waals surface area contributed by atoms with E-state index < -0.39 is 25.0 Å². The van der Waals surface area contributed by atoms with E-state index >= 15 is 0 Å². The van der Waals surface area contributed by atoms with Gasteiger partial charge in [-0.05, 0) is 78.7 Å². The molecule has 1 rings (SSSR count). The predicted molar refractivity (Wildman–Crippen MR) is 154 cm³/mol. The van der Waals surface area contributed by atoms with Gasteiger partial charge >= 0.3 is 0 Å². The van der Waals surface area contributed by atoms with Crippen LogP contribution in [0.2, 0.25) is 54.4 Å². The number of hydrogen-bond acceptors (Lipinski definition) is 4. The van der Waals surface area contributed by atoms with E-state index in [1.54, 1.807) is 0 Å². The quantitative estimate of drug-likeness (QED) is 0.187. The Bertz CT molecular complexity index is 692. The summed E-state index contributed by atoms with van der Waals surface area (Å²) in [5, 5.41) is 0.0850. The Balaban J connectivity index is 3.27. The summed E-state index contributed by atoms with van der Waals surface area (Å²) in [5.41, 5.74) is 1.27. The summed E-state index contributed by atoms with van der Waals surface area (Å²) in [6.45, 7) is 31.8. The maximum Gasteiger partial charge on any atom is 0.192 e. The first-order valence-corrected chi connectivity index (χ1v) is 21.9. The second-order valence-electron chi connectivity index (χ2n) is 14.8. The van der Waals surface area contributed by atoms with E-state index in [2.05, 4.69) is 87.7 Å². The molecular weight excluding hydrogens is 473 g/mol. The molecule has 0 aliphatic heterocycles. The molecule has 0 amide bonds. The van der Waals surface area contributed by atoms with Gasteiger partial charge in [-0.15, -0.1) is 0 Å². The highest BCUT2D eigenvalue weighted by Crippen LogP contribution is 2.48. The van der Waals surface area contributed by atoms with Crippen molar-refractivity contribution in [1.29, 1.82) is 0 Å². The Kier molecular flexibility index (Phi) is 10.1. The lowest BCUT2D eigenvalue weighted by molar-refractivity contribution is -0.122. The number of ketones is 1. The molecule has 1 aliphatic rings. The fourth-order valence-electron chi connectivity index (χ4n) is 3.82. The zero-order valence-electron chi connectivity index (χ0n) is 24.9. The number of Topliss-reactive ketones (excluding diaryl/α,β-unsaturated/α-hetero) is 1. The molecular formula is C27H56O4Si3. The van der Waals surface area contributed by atoms with Crippen molar-refractivity contribution in [3.63, 3.8) is 0 Å². The molecule has 0 aromatic rings. The highest BCUT2D eigenvalue weighted by molar-refractivity contribution is 6.74. The van der Waals surface area contributed by atoms with Crippen LogP contribution in [0.25, 0.3) is 0 Å². The Morgan fingerprint density at radius 3 is 1.82 bits per heavy atom. The average Bonchev–Trinajstić information content (AvgIpc) is 2.56. The van der Waals surface area contributed by atoms with Gasteiger partial charge in [-0.25, -0.2) is 0 Å². The van der Waals surface area contributed by atoms with Crippen LogP contribution in [0.3, 0.4) is 0 Å². The molecule has 7 heteroatoms. The zero-order chi connectivity index (χ0) is 27.0. The van der Waals surface area contributed by atoms with Crippen molar-refractivity contribution in [3.8, 4) is 0 Å². The van der Waals surface area contributed by atoms with E-state index in [1.807, 2.05) is 13.1 Å². The average molecular weight is 529 g/mol. The number of rotatable bonds is 9. The zero-order valence-corrected chi connectivity index (χ0v) is 27.9. The molecule has 2 atom stereocenters. The Morgan fingerprint density at radius 2 is 1.38 bits per heavy atom. The summed E-state index contributed by atoms with van der Waals surface area (Å²) in [6, 6.07) is 0. The van der Waals surface area contributed by atoms with Crippen molar-refractivity contribution in [2.24, 2.45) is 5.92 Å². The van der Waals surface area contributed by atoms with Gasteiger partial charge in [0.05, 0.1) is 6.10 Å². The SMILES string of the molecule is CC(C)(C[C@@H]1CC(=O)C[C@@H](O[Si](C)(C)C(C)(C)C)/C1=C\CCO[Si](C)(C)C(C)(C)C)[Si](C)(C)O. The topological polar surface area (TPSA) is 55.8 Å². The molecule has 1 N–H and O–H groups in total. The summed E-state index contributed by atoms with van der Waals surface area (Å²) in [7, 11) is -6.24. The highest BCUT2D eigenvalue weighted by atomic mass is 28.4. The van der Waals surface area contributed by atoms with Gasteiger partial charge in [0.2, 0.25) is 0 Å². The van der Waals surface area contributed by atoms with E-state index in [0.29, 0.717) is 19.4 Å². The third kappa shape index (κ3) is 8.23. The lowest BCUT2D eigenvalue weighted by atomic mass is 9.76. The molecule has 0 heterocycles. The van der Waals surface area contributed by atoms with Crippen LogP contribution >= 0.6 is 0 Å². The van der Waals surface area contributed by atoms with Crippen LogP contribution in [0.15, 0.2) is 11.6 Å². The smallest absolute Gasteiger partial charge is 0.192 e. The minimum atomic E-state index is -2.39. The minimum absolute atomic E-state index is 0.0822. The molecule has 1 fully saturated rings. The van der Waals surface area contributed by atoms with Crippen molar-refractivity contribution in [1.82, 2.24) is 0 Å². The van der Waals surface area contributed by atoms with E-state index in [0.717, 1.165) is 12.8 Å². The summed E-state index contributed by atoms with van der Waals surface area (Å²) < 4.78 is 13.3. The van der Waals surface area contributed by atoms with Gasteiger partial charge in [-0.1, -0.05) is 61.5 Å². The van der Waals surface area contributed by atoms with Gasteiger partial charge in [0.15, 0.2) is 25.0 Å². The third-order valence-corrected chi connectivity index (χ3v) is 21.7. The second kappa shape index (κ2) is 10.7.